The minimum absolute atomic E-state index is 0.337. The third kappa shape index (κ3) is 4.63. The molecule has 3 heterocycles. The minimum Gasteiger partial charge on any atom is -0.516 e. The molecule has 1 amide bonds. The average molecular weight is 403 g/mol. The maximum Gasteiger partial charge on any atom is 0.256 e. The summed E-state index contributed by atoms with van der Waals surface area (Å²) in [5.74, 6) is 1.28. The number of aryl methyl sites for hydroxylation is 1. The molecule has 146 valence electrons. The van der Waals surface area contributed by atoms with Crippen molar-refractivity contribution in [1.82, 2.24) is 19.5 Å². The van der Waals surface area contributed by atoms with E-state index in [1.54, 1.807) is 42.7 Å². The average Bonchev–Trinajstić information content (AvgIpc) is 3.05. The molecule has 4 aromatic rings. The van der Waals surface area contributed by atoms with Gasteiger partial charge in [-0.15, -0.1) is 0 Å². The van der Waals surface area contributed by atoms with Crippen LogP contribution in [0.5, 0.6) is 5.75 Å². The molecule has 0 unspecified atom stereocenters. The number of carbonyl (C=O) groups is 1. The van der Waals surface area contributed by atoms with E-state index in [1.807, 2.05) is 30.7 Å². The zero-order valence-corrected chi connectivity index (χ0v) is 17.0. The minimum atomic E-state index is -1.79. The van der Waals surface area contributed by atoms with Crippen molar-refractivity contribution in [3.05, 3.63) is 66.2 Å². The summed E-state index contributed by atoms with van der Waals surface area (Å²) in [7, 11) is 18.2. The Bertz CT molecular complexity index is 1270. The number of nitrogens with zero attached hydrogens (tertiary/aromatic N) is 4. The third-order valence-electron chi connectivity index (χ3n) is 4.71. The monoisotopic (exact) mass is 403 g/mol. The highest BCUT2D eigenvalue weighted by atomic mass is 16.5. The van der Waals surface area contributed by atoms with E-state index in [2.05, 4.69) is 15.3 Å². The number of hydrogen-bond donors (Lipinski definition) is 1. The lowest BCUT2D eigenvalue weighted by atomic mass is 9.52. The predicted molar refractivity (Wildman–Crippen MR) is 121 cm³/mol. The SMILES string of the molecule is [B]C([B])([B])Oc1ccc(C(=O)Nc2cc3nc(-c4cnc(C)n4C)ccc3cn2)cc1. The van der Waals surface area contributed by atoms with Crippen LogP contribution in [0, 0.1) is 6.92 Å². The van der Waals surface area contributed by atoms with Gasteiger partial charge in [-0.3, -0.25) is 4.79 Å². The van der Waals surface area contributed by atoms with Gasteiger partial charge in [-0.25, -0.2) is 15.0 Å². The van der Waals surface area contributed by atoms with E-state index in [0.717, 1.165) is 22.6 Å². The fraction of sp³-hybridized carbons (Fsp3) is 0.143. The van der Waals surface area contributed by atoms with Crippen molar-refractivity contribution >= 4 is 46.2 Å². The van der Waals surface area contributed by atoms with Crippen molar-refractivity contribution in [3.8, 4) is 17.1 Å². The molecule has 0 aliphatic rings. The second-order valence-corrected chi connectivity index (χ2v) is 7.14. The van der Waals surface area contributed by atoms with Crippen LogP contribution in [-0.4, -0.2) is 54.3 Å². The number of nitrogens with one attached hydrogen (secondary N) is 1. The maximum absolute atomic E-state index is 12.6. The van der Waals surface area contributed by atoms with Crippen LogP contribution in [-0.2, 0) is 7.05 Å². The second kappa shape index (κ2) is 7.94. The van der Waals surface area contributed by atoms with Gasteiger partial charge in [0.05, 0.1) is 23.1 Å². The lowest BCUT2D eigenvalue weighted by molar-refractivity contribution is 0.102. The van der Waals surface area contributed by atoms with Gasteiger partial charge in [0.2, 0.25) is 0 Å². The molecule has 1 N–H and O–H groups in total. The normalized spacial score (nSPS) is 11.4. The predicted octanol–water partition coefficient (Wildman–Crippen LogP) is 2.09. The van der Waals surface area contributed by atoms with Crippen LogP contribution in [0.25, 0.3) is 22.3 Å². The standard InChI is InChI=1S/C21H16B3N5O2/c1-12-25-11-18(29(12)2)16-8-5-14-10-26-19(9-17(14)27-16)28-20(30)13-3-6-15(7-4-13)31-21(22,23)24/h3-11H,1-2H3,(H,26,28,30). The maximum atomic E-state index is 12.6. The number of hydrogen-bond acceptors (Lipinski definition) is 5. The first kappa shape index (κ1) is 20.7. The molecular weight excluding hydrogens is 387 g/mol. The first-order chi connectivity index (χ1) is 14.7. The first-order valence-corrected chi connectivity index (χ1v) is 9.42. The van der Waals surface area contributed by atoms with Crippen LogP contribution in [0.4, 0.5) is 5.82 Å². The lowest BCUT2D eigenvalue weighted by Gasteiger charge is -2.23. The van der Waals surface area contributed by atoms with Gasteiger partial charge in [-0.1, -0.05) is 0 Å². The first-order valence-electron chi connectivity index (χ1n) is 9.42. The van der Waals surface area contributed by atoms with Crippen molar-refractivity contribution in [2.45, 2.75) is 12.2 Å². The summed E-state index contributed by atoms with van der Waals surface area (Å²) in [6, 6.07) is 11.8. The van der Waals surface area contributed by atoms with Crippen molar-refractivity contribution < 1.29 is 9.53 Å². The fourth-order valence-electron chi connectivity index (χ4n) is 3.03. The number of benzene rings is 1. The van der Waals surface area contributed by atoms with E-state index in [1.165, 1.54) is 0 Å². The molecule has 4 rings (SSSR count). The van der Waals surface area contributed by atoms with Crippen molar-refractivity contribution in [3.63, 3.8) is 0 Å². The summed E-state index contributed by atoms with van der Waals surface area (Å²) in [6.07, 6.45) is 3.45. The van der Waals surface area contributed by atoms with E-state index in [9.17, 15) is 4.79 Å². The highest BCUT2D eigenvalue weighted by Gasteiger charge is 2.13. The molecule has 0 aliphatic carbocycles. The zero-order valence-electron chi connectivity index (χ0n) is 17.0. The van der Waals surface area contributed by atoms with Gasteiger partial charge in [0.1, 0.15) is 40.9 Å². The van der Waals surface area contributed by atoms with Gasteiger partial charge < -0.3 is 14.6 Å². The number of ether oxygens (including phenoxy) is 1. The third-order valence-corrected chi connectivity index (χ3v) is 4.71. The summed E-state index contributed by atoms with van der Waals surface area (Å²) >= 11 is 0. The molecule has 0 saturated heterocycles. The Kier molecular flexibility index (Phi) is 5.31. The number of rotatable bonds is 5. The van der Waals surface area contributed by atoms with E-state index in [-0.39, 0.29) is 5.91 Å². The number of pyridine rings is 2. The molecule has 0 bridgehead atoms. The summed E-state index contributed by atoms with van der Waals surface area (Å²) in [5.41, 5.74) is 2.79. The Hall–Kier alpha value is -3.55. The zero-order chi connectivity index (χ0) is 22.2. The molecule has 0 fully saturated rings. The van der Waals surface area contributed by atoms with Crippen LogP contribution in [0.3, 0.4) is 0 Å². The Morgan fingerprint density at radius 2 is 1.81 bits per heavy atom. The van der Waals surface area contributed by atoms with Crippen LogP contribution >= 0.6 is 0 Å². The molecule has 10 heteroatoms. The second-order valence-electron chi connectivity index (χ2n) is 7.14. The molecule has 0 saturated carbocycles. The van der Waals surface area contributed by atoms with Crippen LogP contribution < -0.4 is 10.1 Å². The Labute approximate surface area is 183 Å². The number of anilines is 1. The summed E-state index contributed by atoms with van der Waals surface area (Å²) < 4.78 is 7.10. The molecule has 0 atom stereocenters. The van der Waals surface area contributed by atoms with Gasteiger partial charge >= 0.3 is 0 Å². The molecule has 1 aromatic carbocycles. The highest BCUT2D eigenvalue weighted by molar-refractivity contribution is 6.58. The quantitative estimate of drug-likeness (QED) is 0.517. The molecule has 6 radical (unpaired) electrons. The lowest BCUT2D eigenvalue weighted by Crippen LogP contribution is -2.37. The highest BCUT2D eigenvalue weighted by Crippen LogP contribution is 2.23. The molecule has 31 heavy (non-hydrogen) atoms. The molecule has 0 aliphatic heterocycles. The molecule has 3 aromatic heterocycles. The van der Waals surface area contributed by atoms with E-state index in [0.29, 0.717) is 22.6 Å². The number of carbonyl (C=O) groups excluding carboxylic acids is 1. The summed E-state index contributed by atoms with van der Waals surface area (Å²) in [4.78, 5) is 25.9. The molecule has 0 spiro atoms. The van der Waals surface area contributed by atoms with Crippen molar-refractivity contribution in [1.29, 1.82) is 0 Å². The Morgan fingerprint density at radius 3 is 2.45 bits per heavy atom. The Balaban J connectivity index is 1.55. The van der Waals surface area contributed by atoms with Crippen LogP contribution in [0.2, 0.25) is 0 Å². The van der Waals surface area contributed by atoms with Gasteiger partial charge in [-0.05, 0) is 48.6 Å². The van der Waals surface area contributed by atoms with Gasteiger partial charge in [0.25, 0.3) is 5.91 Å². The largest absolute Gasteiger partial charge is 0.516 e. The smallest absolute Gasteiger partial charge is 0.256 e. The van der Waals surface area contributed by atoms with Gasteiger partial charge in [0.15, 0.2) is 0 Å². The fourth-order valence-corrected chi connectivity index (χ4v) is 3.03. The summed E-state index contributed by atoms with van der Waals surface area (Å²) in [5, 5.41) is 1.83. The van der Waals surface area contributed by atoms with Gasteiger partial charge in [-0.2, -0.15) is 0 Å². The molecular formula is C21H16B3N5O2. The van der Waals surface area contributed by atoms with Crippen LogP contribution in [0.1, 0.15) is 16.2 Å². The number of fused-ring (bicyclic) bond motifs is 1. The van der Waals surface area contributed by atoms with E-state index >= 15 is 0 Å². The number of aromatic nitrogens is 4. The van der Waals surface area contributed by atoms with Gasteiger partial charge in [0, 0.05) is 30.3 Å². The van der Waals surface area contributed by atoms with Crippen LogP contribution in [0.15, 0.2) is 54.9 Å². The number of amides is 1. The molecule has 7 nitrogen and oxygen atoms in total. The Morgan fingerprint density at radius 1 is 1.06 bits per heavy atom. The number of imidazole rings is 1. The topological polar surface area (TPSA) is 81.9 Å². The van der Waals surface area contributed by atoms with E-state index < -0.39 is 5.30 Å². The van der Waals surface area contributed by atoms with Crippen molar-refractivity contribution in [2.24, 2.45) is 7.05 Å². The summed E-state index contributed by atoms with van der Waals surface area (Å²) in [6.45, 7) is 1.93. The van der Waals surface area contributed by atoms with Crippen molar-refractivity contribution in [2.75, 3.05) is 5.32 Å². The van der Waals surface area contributed by atoms with E-state index in [4.69, 9.17) is 33.3 Å².